The summed E-state index contributed by atoms with van der Waals surface area (Å²) in [6.45, 7) is 0. The Hall–Kier alpha value is -1.16. The molecule has 0 saturated heterocycles. The fourth-order valence-corrected chi connectivity index (χ4v) is 3.73. The highest BCUT2D eigenvalue weighted by molar-refractivity contribution is 9.10. The quantitative estimate of drug-likeness (QED) is 0.720. The molecule has 0 saturated carbocycles. The number of halogens is 1. The topological polar surface area (TPSA) is 20.2 Å². The van der Waals surface area contributed by atoms with E-state index in [9.17, 15) is 5.11 Å². The van der Waals surface area contributed by atoms with Gasteiger partial charge in [-0.15, -0.1) is 11.3 Å². The van der Waals surface area contributed by atoms with Crippen molar-refractivity contribution in [2.45, 2.75) is 12.5 Å². The molecule has 19 heavy (non-hydrogen) atoms. The summed E-state index contributed by atoms with van der Waals surface area (Å²) < 4.78 is 1.08. The Kier molecular flexibility index (Phi) is 3.69. The van der Waals surface area contributed by atoms with Gasteiger partial charge in [0.2, 0.25) is 0 Å². The van der Waals surface area contributed by atoms with Gasteiger partial charge in [-0.1, -0.05) is 36.4 Å². The average Bonchev–Trinajstić information content (AvgIpc) is 2.84. The number of rotatable bonds is 3. The maximum Gasteiger partial charge on any atom is 0.0838 e. The van der Waals surface area contributed by atoms with Crippen LogP contribution >= 0.6 is 27.3 Å². The van der Waals surface area contributed by atoms with E-state index in [0.29, 0.717) is 6.42 Å². The number of hydrogen-bond donors (Lipinski definition) is 1. The van der Waals surface area contributed by atoms with E-state index in [1.54, 1.807) is 11.3 Å². The van der Waals surface area contributed by atoms with E-state index < -0.39 is 6.10 Å². The third-order valence-electron chi connectivity index (χ3n) is 3.23. The average molecular weight is 333 g/mol. The lowest BCUT2D eigenvalue weighted by atomic mass is 10.0. The third kappa shape index (κ3) is 2.73. The van der Waals surface area contributed by atoms with Crippen molar-refractivity contribution >= 4 is 38.0 Å². The van der Waals surface area contributed by atoms with Crippen molar-refractivity contribution in [2.24, 2.45) is 0 Å². The van der Waals surface area contributed by atoms with Gasteiger partial charge in [0.25, 0.3) is 0 Å². The minimum absolute atomic E-state index is 0.459. The van der Waals surface area contributed by atoms with Gasteiger partial charge < -0.3 is 5.11 Å². The molecule has 0 fully saturated rings. The van der Waals surface area contributed by atoms with Crippen molar-refractivity contribution < 1.29 is 5.11 Å². The van der Waals surface area contributed by atoms with Gasteiger partial charge >= 0.3 is 0 Å². The van der Waals surface area contributed by atoms with Crippen LogP contribution < -0.4 is 0 Å². The van der Waals surface area contributed by atoms with E-state index in [4.69, 9.17) is 0 Å². The second-order valence-corrected chi connectivity index (χ2v) is 6.37. The Morgan fingerprint density at radius 3 is 2.58 bits per heavy atom. The molecule has 0 aliphatic rings. The van der Waals surface area contributed by atoms with Crippen LogP contribution in [0.3, 0.4) is 0 Å². The summed E-state index contributed by atoms with van der Waals surface area (Å²) in [7, 11) is 0. The Bertz CT molecular complexity index is 705. The minimum atomic E-state index is -0.459. The first-order chi connectivity index (χ1) is 9.24. The van der Waals surface area contributed by atoms with Crippen LogP contribution in [-0.4, -0.2) is 5.11 Å². The maximum atomic E-state index is 10.4. The molecule has 0 aliphatic heterocycles. The summed E-state index contributed by atoms with van der Waals surface area (Å²) in [5.74, 6) is 0. The summed E-state index contributed by atoms with van der Waals surface area (Å²) in [6.07, 6.45) is 0.191. The van der Waals surface area contributed by atoms with Crippen LogP contribution in [-0.2, 0) is 6.42 Å². The smallest absolute Gasteiger partial charge is 0.0838 e. The Balaban J connectivity index is 1.89. The van der Waals surface area contributed by atoms with E-state index in [1.165, 1.54) is 15.6 Å². The van der Waals surface area contributed by atoms with Crippen LogP contribution in [0.5, 0.6) is 0 Å². The van der Waals surface area contributed by atoms with Crippen LogP contribution in [0.25, 0.3) is 10.8 Å². The van der Waals surface area contributed by atoms with E-state index >= 15 is 0 Å². The summed E-state index contributed by atoms with van der Waals surface area (Å²) in [5, 5.41) is 14.8. The highest BCUT2D eigenvalue weighted by Gasteiger charge is 2.12. The molecule has 0 amide bonds. The third-order valence-corrected chi connectivity index (χ3v) is 5.18. The Morgan fingerprint density at radius 2 is 1.84 bits per heavy atom. The highest BCUT2D eigenvalue weighted by Crippen LogP contribution is 2.29. The second kappa shape index (κ2) is 5.45. The van der Waals surface area contributed by atoms with Crippen LogP contribution in [0.1, 0.15) is 16.5 Å². The molecule has 1 atom stereocenters. The van der Waals surface area contributed by atoms with Crippen molar-refractivity contribution in [3.63, 3.8) is 0 Å². The molecule has 3 rings (SSSR count). The second-order valence-electron chi connectivity index (χ2n) is 4.52. The van der Waals surface area contributed by atoms with Crippen molar-refractivity contribution in [3.05, 3.63) is 68.8 Å². The van der Waals surface area contributed by atoms with Crippen molar-refractivity contribution in [3.8, 4) is 0 Å². The van der Waals surface area contributed by atoms with Crippen molar-refractivity contribution in [2.75, 3.05) is 0 Å². The first-order valence-corrected chi connectivity index (χ1v) is 7.80. The van der Waals surface area contributed by atoms with E-state index in [0.717, 1.165) is 10.0 Å². The number of aliphatic hydroxyl groups excluding tert-OH is 1. The van der Waals surface area contributed by atoms with Gasteiger partial charge in [0, 0.05) is 15.8 Å². The molecule has 0 spiro atoms. The van der Waals surface area contributed by atoms with Gasteiger partial charge in [-0.2, -0.15) is 0 Å². The Morgan fingerprint density at radius 1 is 1.05 bits per heavy atom. The SMILES string of the molecule is OC(Cc1sccc1Br)c1ccc2ccccc2c1. The fourth-order valence-electron chi connectivity index (χ4n) is 2.18. The zero-order valence-corrected chi connectivity index (χ0v) is 12.6. The predicted molar refractivity (Wildman–Crippen MR) is 84.6 cm³/mol. The monoisotopic (exact) mass is 332 g/mol. The molecule has 1 nitrogen and oxygen atoms in total. The van der Waals surface area contributed by atoms with Gasteiger partial charge in [0.15, 0.2) is 0 Å². The van der Waals surface area contributed by atoms with Crippen molar-refractivity contribution in [1.82, 2.24) is 0 Å². The molecule has 1 heterocycles. The summed E-state index contributed by atoms with van der Waals surface area (Å²) in [6, 6.07) is 16.4. The van der Waals surface area contributed by atoms with Crippen LogP contribution in [0.15, 0.2) is 58.4 Å². The molecule has 0 aliphatic carbocycles. The molecule has 96 valence electrons. The molecular formula is C16H13BrOS. The predicted octanol–water partition coefficient (Wildman–Crippen LogP) is 4.94. The van der Waals surface area contributed by atoms with Gasteiger partial charge in [0.05, 0.1) is 6.10 Å². The molecule has 0 radical (unpaired) electrons. The summed E-state index contributed by atoms with van der Waals surface area (Å²) in [5.41, 5.74) is 0.971. The molecule has 1 N–H and O–H groups in total. The molecule has 1 unspecified atom stereocenters. The highest BCUT2D eigenvalue weighted by atomic mass is 79.9. The van der Waals surface area contributed by atoms with E-state index in [2.05, 4.69) is 40.2 Å². The molecular weight excluding hydrogens is 320 g/mol. The normalized spacial score (nSPS) is 12.7. The zero-order valence-electron chi connectivity index (χ0n) is 10.2. The van der Waals surface area contributed by atoms with Gasteiger partial charge in [-0.05, 0) is 49.8 Å². The number of benzene rings is 2. The first-order valence-electron chi connectivity index (χ1n) is 6.12. The van der Waals surface area contributed by atoms with Crippen LogP contribution in [0.2, 0.25) is 0 Å². The molecule has 1 aromatic heterocycles. The summed E-state index contributed by atoms with van der Waals surface area (Å²) >= 11 is 5.18. The maximum absolute atomic E-state index is 10.4. The van der Waals surface area contributed by atoms with E-state index in [1.807, 2.05) is 29.6 Å². The largest absolute Gasteiger partial charge is 0.388 e. The molecule has 0 bridgehead atoms. The number of aliphatic hydroxyl groups is 1. The van der Waals surface area contributed by atoms with Crippen molar-refractivity contribution in [1.29, 1.82) is 0 Å². The molecule has 3 aromatic rings. The first kappa shape index (κ1) is 12.9. The zero-order chi connectivity index (χ0) is 13.2. The lowest BCUT2D eigenvalue weighted by molar-refractivity contribution is 0.179. The number of hydrogen-bond acceptors (Lipinski definition) is 2. The lowest BCUT2D eigenvalue weighted by Gasteiger charge is -2.11. The van der Waals surface area contributed by atoms with E-state index in [-0.39, 0.29) is 0 Å². The summed E-state index contributed by atoms with van der Waals surface area (Å²) in [4.78, 5) is 1.18. The fraction of sp³-hybridized carbons (Fsp3) is 0.125. The van der Waals surface area contributed by atoms with Gasteiger partial charge in [-0.3, -0.25) is 0 Å². The van der Waals surface area contributed by atoms with Crippen LogP contribution in [0, 0.1) is 0 Å². The standard InChI is InChI=1S/C16H13BrOS/c17-14-7-8-19-16(14)10-15(18)13-6-5-11-3-1-2-4-12(11)9-13/h1-9,15,18H,10H2. The lowest BCUT2D eigenvalue weighted by Crippen LogP contribution is -2.00. The minimum Gasteiger partial charge on any atom is -0.388 e. The van der Waals surface area contributed by atoms with Crippen LogP contribution in [0.4, 0.5) is 0 Å². The molecule has 3 heteroatoms. The van der Waals surface area contributed by atoms with Gasteiger partial charge in [0.1, 0.15) is 0 Å². The Labute approximate surface area is 124 Å². The number of thiophene rings is 1. The van der Waals surface area contributed by atoms with Gasteiger partial charge in [-0.25, -0.2) is 0 Å². The molecule has 2 aromatic carbocycles. The number of fused-ring (bicyclic) bond motifs is 1.